The van der Waals surface area contributed by atoms with E-state index in [-0.39, 0.29) is 5.92 Å². The fourth-order valence-electron chi connectivity index (χ4n) is 3.27. The van der Waals surface area contributed by atoms with Crippen LogP contribution in [0.1, 0.15) is 41.2 Å². The van der Waals surface area contributed by atoms with Crippen molar-refractivity contribution in [3.8, 4) is 6.07 Å². The van der Waals surface area contributed by atoms with Crippen LogP contribution in [-0.4, -0.2) is 16.0 Å². The highest BCUT2D eigenvalue weighted by molar-refractivity contribution is 7.18. The highest BCUT2D eigenvalue weighted by Crippen LogP contribution is 2.32. The van der Waals surface area contributed by atoms with Crippen LogP contribution in [0.2, 0.25) is 0 Å². The van der Waals surface area contributed by atoms with Gasteiger partial charge in [0.15, 0.2) is 0 Å². The Kier molecular flexibility index (Phi) is 3.92. The van der Waals surface area contributed by atoms with E-state index in [9.17, 15) is 0 Å². The van der Waals surface area contributed by atoms with Gasteiger partial charge in [0.05, 0.1) is 12.0 Å². The SMILES string of the molecule is Cc1nc(C)c2c(C)c(CNC3CCCC3C#N)sc2n1. The number of hydrogen-bond donors (Lipinski definition) is 1. The Morgan fingerprint density at radius 2 is 2.10 bits per heavy atom. The molecule has 1 N–H and O–H groups in total. The molecule has 0 bridgehead atoms. The number of hydrogen-bond acceptors (Lipinski definition) is 5. The van der Waals surface area contributed by atoms with Crippen molar-refractivity contribution in [1.82, 2.24) is 15.3 Å². The molecule has 0 spiro atoms. The summed E-state index contributed by atoms with van der Waals surface area (Å²) < 4.78 is 0. The fraction of sp³-hybridized carbons (Fsp3) is 0.562. The van der Waals surface area contributed by atoms with Crippen molar-refractivity contribution in [2.24, 2.45) is 5.92 Å². The van der Waals surface area contributed by atoms with Crippen LogP contribution >= 0.6 is 11.3 Å². The Morgan fingerprint density at radius 1 is 1.29 bits per heavy atom. The van der Waals surface area contributed by atoms with Gasteiger partial charge in [0, 0.05) is 28.5 Å². The molecule has 21 heavy (non-hydrogen) atoms. The minimum atomic E-state index is 0.170. The largest absolute Gasteiger partial charge is 0.308 e. The molecule has 3 rings (SSSR count). The smallest absolute Gasteiger partial charge is 0.127 e. The summed E-state index contributed by atoms with van der Waals surface area (Å²) in [5.41, 5.74) is 2.35. The number of aromatic nitrogens is 2. The lowest BCUT2D eigenvalue weighted by molar-refractivity contribution is 0.466. The third-order valence-corrected chi connectivity index (χ3v) is 5.57. The van der Waals surface area contributed by atoms with Gasteiger partial charge in [0.1, 0.15) is 10.7 Å². The fourth-order valence-corrected chi connectivity index (χ4v) is 4.50. The van der Waals surface area contributed by atoms with E-state index in [1.807, 2.05) is 6.92 Å². The second kappa shape index (κ2) is 5.70. The second-order valence-corrected chi connectivity index (χ2v) is 6.92. The molecule has 2 atom stereocenters. The van der Waals surface area contributed by atoms with Gasteiger partial charge in [-0.2, -0.15) is 5.26 Å². The minimum absolute atomic E-state index is 0.170. The summed E-state index contributed by atoms with van der Waals surface area (Å²) in [6.45, 7) is 6.97. The van der Waals surface area contributed by atoms with Crippen molar-refractivity contribution >= 4 is 21.6 Å². The van der Waals surface area contributed by atoms with E-state index in [1.165, 1.54) is 15.8 Å². The summed E-state index contributed by atoms with van der Waals surface area (Å²) in [4.78, 5) is 11.4. The Labute approximate surface area is 129 Å². The van der Waals surface area contributed by atoms with E-state index in [0.29, 0.717) is 6.04 Å². The zero-order valence-corrected chi connectivity index (χ0v) is 13.5. The van der Waals surface area contributed by atoms with Crippen LogP contribution in [0.15, 0.2) is 0 Å². The molecule has 2 heterocycles. The lowest BCUT2D eigenvalue weighted by Gasteiger charge is -2.15. The van der Waals surface area contributed by atoms with Gasteiger partial charge in [0.2, 0.25) is 0 Å². The molecule has 2 aromatic rings. The topological polar surface area (TPSA) is 61.6 Å². The van der Waals surface area contributed by atoms with Crippen molar-refractivity contribution in [2.45, 2.75) is 52.6 Å². The Bertz CT molecular complexity index is 713. The minimum Gasteiger partial charge on any atom is -0.308 e. The molecule has 2 aromatic heterocycles. The third kappa shape index (κ3) is 2.66. The van der Waals surface area contributed by atoms with Gasteiger partial charge in [0.25, 0.3) is 0 Å². The first-order valence-electron chi connectivity index (χ1n) is 7.46. The molecule has 5 heteroatoms. The van der Waals surface area contributed by atoms with E-state index in [2.05, 4.69) is 35.2 Å². The summed E-state index contributed by atoms with van der Waals surface area (Å²) >= 11 is 1.75. The average molecular weight is 300 g/mol. The number of fused-ring (bicyclic) bond motifs is 1. The van der Waals surface area contributed by atoms with Crippen LogP contribution in [0.5, 0.6) is 0 Å². The summed E-state index contributed by atoms with van der Waals surface area (Å²) in [6.07, 6.45) is 3.30. The quantitative estimate of drug-likeness (QED) is 0.943. The Hall–Kier alpha value is -1.51. The Morgan fingerprint density at radius 3 is 2.86 bits per heavy atom. The zero-order valence-electron chi connectivity index (χ0n) is 12.7. The normalized spacial score (nSPS) is 21.8. The zero-order chi connectivity index (χ0) is 15.0. The van der Waals surface area contributed by atoms with Gasteiger partial charge in [-0.05, 0) is 39.2 Å². The molecule has 0 radical (unpaired) electrons. The number of nitriles is 1. The number of nitrogens with zero attached hydrogens (tertiary/aromatic N) is 3. The predicted octanol–water partition coefficient (Wildman–Crippen LogP) is 3.40. The van der Waals surface area contributed by atoms with Crippen molar-refractivity contribution in [2.75, 3.05) is 0 Å². The maximum Gasteiger partial charge on any atom is 0.127 e. The molecule has 0 amide bonds. The van der Waals surface area contributed by atoms with E-state index < -0.39 is 0 Å². The highest BCUT2D eigenvalue weighted by atomic mass is 32.1. The summed E-state index contributed by atoms with van der Waals surface area (Å²) in [5.74, 6) is 1.00. The first kappa shape index (κ1) is 14.4. The maximum absolute atomic E-state index is 9.16. The summed E-state index contributed by atoms with van der Waals surface area (Å²) in [5, 5.41) is 13.9. The molecule has 0 aromatic carbocycles. The van der Waals surface area contributed by atoms with Gasteiger partial charge < -0.3 is 5.32 Å². The molecular formula is C16H20N4S. The van der Waals surface area contributed by atoms with Gasteiger partial charge in [-0.1, -0.05) is 6.42 Å². The van der Waals surface area contributed by atoms with Crippen LogP contribution in [-0.2, 0) is 6.54 Å². The lowest BCUT2D eigenvalue weighted by Crippen LogP contribution is -2.31. The first-order valence-corrected chi connectivity index (χ1v) is 8.28. The van der Waals surface area contributed by atoms with Crippen molar-refractivity contribution in [3.05, 3.63) is 22.0 Å². The van der Waals surface area contributed by atoms with E-state index in [4.69, 9.17) is 5.26 Å². The average Bonchev–Trinajstić information content (AvgIpc) is 3.00. The summed E-state index contributed by atoms with van der Waals surface area (Å²) in [7, 11) is 0. The third-order valence-electron chi connectivity index (χ3n) is 4.39. The van der Waals surface area contributed by atoms with Gasteiger partial charge in [-0.3, -0.25) is 0 Å². The van der Waals surface area contributed by atoms with Crippen LogP contribution < -0.4 is 5.32 Å². The molecule has 110 valence electrons. The molecule has 0 saturated heterocycles. The molecular weight excluding hydrogens is 280 g/mol. The summed E-state index contributed by atoms with van der Waals surface area (Å²) in [6, 6.07) is 2.77. The number of rotatable bonds is 3. The highest BCUT2D eigenvalue weighted by Gasteiger charge is 2.26. The van der Waals surface area contributed by atoms with Crippen LogP contribution in [0, 0.1) is 38.0 Å². The van der Waals surface area contributed by atoms with Gasteiger partial charge in [-0.25, -0.2) is 9.97 Å². The molecule has 1 aliphatic rings. The molecule has 1 saturated carbocycles. The standard InChI is InChI=1S/C16H20N4S/c1-9-14(8-18-13-6-4-5-12(13)7-17)21-16-15(9)10(2)19-11(3)20-16/h12-13,18H,4-6,8H2,1-3H3. The van der Waals surface area contributed by atoms with E-state index >= 15 is 0 Å². The Balaban J connectivity index is 1.83. The first-order chi connectivity index (χ1) is 10.1. The van der Waals surface area contributed by atoms with Gasteiger partial charge >= 0.3 is 0 Å². The monoisotopic (exact) mass is 300 g/mol. The van der Waals surface area contributed by atoms with Gasteiger partial charge in [-0.15, -0.1) is 11.3 Å². The molecule has 2 unspecified atom stereocenters. The maximum atomic E-state index is 9.16. The van der Waals surface area contributed by atoms with E-state index in [0.717, 1.165) is 42.2 Å². The number of thiophene rings is 1. The lowest BCUT2D eigenvalue weighted by atomic mass is 10.1. The van der Waals surface area contributed by atoms with Crippen molar-refractivity contribution in [3.63, 3.8) is 0 Å². The van der Waals surface area contributed by atoms with Crippen LogP contribution in [0.3, 0.4) is 0 Å². The second-order valence-electron chi connectivity index (χ2n) is 5.84. The molecule has 4 nitrogen and oxygen atoms in total. The predicted molar refractivity (Wildman–Crippen MR) is 85.2 cm³/mol. The van der Waals surface area contributed by atoms with Crippen molar-refractivity contribution < 1.29 is 0 Å². The van der Waals surface area contributed by atoms with Crippen LogP contribution in [0.25, 0.3) is 10.2 Å². The molecule has 1 aliphatic carbocycles. The van der Waals surface area contributed by atoms with Crippen molar-refractivity contribution in [1.29, 1.82) is 5.26 Å². The van der Waals surface area contributed by atoms with Crippen LogP contribution in [0.4, 0.5) is 0 Å². The molecule has 1 fully saturated rings. The molecule has 0 aliphatic heterocycles. The number of nitrogens with one attached hydrogen (secondary N) is 1. The number of aryl methyl sites for hydroxylation is 3. The van der Waals surface area contributed by atoms with E-state index in [1.54, 1.807) is 11.3 Å².